The van der Waals surface area contributed by atoms with Gasteiger partial charge in [0, 0.05) is 32.5 Å². The zero-order chi connectivity index (χ0) is 16.6. The fraction of sp³-hybridized carbons (Fsp3) is 0.765. The van der Waals surface area contributed by atoms with Crippen molar-refractivity contribution in [1.29, 1.82) is 0 Å². The van der Waals surface area contributed by atoms with Crippen LogP contribution in [0.25, 0.3) is 0 Å². The van der Waals surface area contributed by atoms with E-state index in [-0.39, 0.29) is 12.0 Å². The van der Waals surface area contributed by atoms with E-state index in [4.69, 9.17) is 9.47 Å². The fourth-order valence-electron chi connectivity index (χ4n) is 3.18. The molecule has 1 aromatic heterocycles. The average Bonchev–Trinajstić information content (AvgIpc) is 3.30. The Hall–Kier alpha value is -1.44. The normalized spacial score (nSPS) is 24.2. The third-order valence-corrected chi connectivity index (χ3v) is 4.56. The molecule has 1 aromatic rings. The monoisotopic (exact) mass is 336 g/mol. The standard InChI is InChI=1S/C17H28N4O3/c22-17(19-8-3-10-23-13-15-5-2-11-24-15)16-6-9-21(20-16)14-4-1-7-18-12-14/h6,9,14-15,18H,1-5,7-8,10-13H2,(H,19,22). The quantitative estimate of drug-likeness (QED) is 0.696. The van der Waals surface area contributed by atoms with Gasteiger partial charge in [-0.1, -0.05) is 0 Å². The summed E-state index contributed by atoms with van der Waals surface area (Å²) in [6.07, 6.45) is 7.44. The molecule has 0 aliphatic carbocycles. The van der Waals surface area contributed by atoms with Crippen LogP contribution in [0.2, 0.25) is 0 Å². The summed E-state index contributed by atoms with van der Waals surface area (Å²) in [7, 11) is 0. The molecule has 2 N–H and O–H groups in total. The minimum Gasteiger partial charge on any atom is -0.379 e. The number of carbonyl (C=O) groups excluding carboxylic acids is 1. The van der Waals surface area contributed by atoms with E-state index in [0.717, 1.165) is 51.8 Å². The Balaban J connectivity index is 1.31. The van der Waals surface area contributed by atoms with Crippen molar-refractivity contribution in [2.75, 3.05) is 39.5 Å². The lowest BCUT2D eigenvalue weighted by atomic mass is 10.1. The molecule has 2 saturated heterocycles. The molecule has 3 heterocycles. The second-order valence-electron chi connectivity index (χ2n) is 6.50. The number of nitrogens with zero attached hydrogens (tertiary/aromatic N) is 2. The van der Waals surface area contributed by atoms with E-state index in [1.807, 2.05) is 10.9 Å². The van der Waals surface area contributed by atoms with E-state index >= 15 is 0 Å². The number of piperidine rings is 1. The minimum atomic E-state index is -0.114. The summed E-state index contributed by atoms with van der Waals surface area (Å²) in [5, 5.41) is 10.7. The third-order valence-electron chi connectivity index (χ3n) is 4.56. The van der Waals surface area contributed by atoms with Crippen LogP contribution < -0.4 is 10.6 Å². The molecular weight excluding hydrogens is 308 g/mol. The minimum absolute atomic E-state index is 0.114. The zero-order valence-corrected chi connectivity index (χ0v) is 14.2. The molecule has 3 rings (SSSR count). The zero-order valence-electron chi connectivity index (χ0n) is 14.2. The summed E-state index contributed by atoms with van der Waals surface area (Å²) in [4.78, 5) is 12.1. The lowest BCUT2D eigenvalue weighted by Gasteiger charge is -2.22. The maximum atomic E-state index is 12.1. The van der Waals surface area contributed by atoms with Crippen molar-refractivity contribution >= 4 is 5.91 Å². The van der Waals surface area contributed by atoms with Gasteiger partial charge in [0.05, 0.1) is 18.8 Å². The molecule has 2 atom stereocenters. The molecule has 134 valence electrons. The fourth-order valence-corrected chi connectivity index (χ4v) is 3.18. The van der Waals surface area contributed by atoms with Crippen molar-refractivity contribution in [1.82, 2.24) is 20.4 Å². The van der Waals surface area contributed by atoms with E-state index in [1.165, 1.54) is 0 Å². The second-order valence-corrected chi connectivity index (χ2v) is 6.50. The van der Waals surface area contributed by atoms with E-state index in [1.54, 1.807) is 6.07 Å². The van der Waals surface area contributed by atoms with E-state index in [9.17, 15) is 4.79 Å². The molecule has 0 radical (unpaired) electrons. The van der Waals surface area contributed by atoms with Crippen LogP contribution in [0.1, 0.15) is 48.6 Å². The van der Waals surface area contributed by atoms with Crippen molar-refractivity contribution in [3.63, 3.8) is 0 Å². The van der Waals surface area contributed by atoms with Gasteiger partial charge in [-0.25, -0.2) is 0 Å². The van der Waals surface area contributed by atoms with E-state index in [0.29, 0.717) is 31.5 Å². The first-order valence-electron chi connectivity index (χ1n) is 9.06. The largest absolute Gasteiger partial charge is 0.379 e. The number of amides is 1. The smallest absolute Gasteiger partial charge is 0.271 e. The van der Waals surface area contributed by atoms with Gasteiger partial charge in [-0.15, -0.1) is 0 Å². The van der Waals surface area contributed by atoms with Gasteiger partial charge in [-0.2, -0.15) is 5.10 Å². The van der Waals surface area contributed by atoms with Gasteiger partial charge in [0.15, 0.2) is 0 Å². The topological polar surface area (TPSA) is 77.4 Å². The molecule has 7 heteroatoms. The van der Waals surface area contributed by atoms with Crippen LogP contribution >= 0.6 is 0 Å². The molecular formula is C17H28N4O3. The maximum absolute atomic E-state index is 12.1. The van der Waals surface area contributed by atoms with Crippen LogP contribution in [-0.2, 0) is 9.47 Å². The lowest BCUT2D eigenvalue weighted by molar-refractivity contribution is 0.0166. The van der Waals surface area contributed by atoms with Crippen molar-refractivity contribution < 1.29 is 14.3 Å². The van der Waals surface area contributed by atoms with Gasteiger partial charge >= 0.3 is 0 Å². The van der Waals surface area contributed by atoms with Crippen LogP contribution in [-0.4, -0.2) is 61.2 Å². The number of ether oxygens (including phenoxy) is 2. The Morgan fingerprint density at radius 2 is 2.42 bits per heavy atom. The van der Waals surface area contributed by atoms with Crippen LogP contribution in [0.3, 0.4) is 0 Å². The highest BCUT2D eigenvalue weighted by atomic mass is 16.5. The second kappa shape index (κ2) is 9.15. The molecule has 2 aliphatic heterocycles. The molecule has 0 bridgehead atoms. The van der Waals surface area contributed by atoms with Crippen LogP contribution in [0.15, 0.2) is 12.3 Å². The predicted octanol–water partition coefficient (Wildman–Crippen LogP) is 1.12. The van der Waals surface area contributed by atoms with Gasteiger partial charge in [0.2, 0.25) is 0 Å². The summed E-state index contributed by atoms with van der Waals surface area (Å²) in [5.41, 5.74) is 0.487. The van der Waals surface area contributed by atoms with Crippen molar-refractivity contribution in [2.45, 2.75) is 44.2 Å². The molecule has 2 unspecified atom stereocenters. The Kier molecular flexibility index (Phi) is 6.63. The number of carbonyl (C=O) groups is 1. The number of nitrogens with one attached hydrogen (secondary N) is 2. The first-order valence-corrected chi connectivity index (χ1v) is 9.06. The predicted molar refractivity (Wildman–Crippen MR) is 90.1 cm³/mol. The highest BCUT2D eigenvalue weighted by Gasteiger charge is 2.18. The highest BCUT2D eigenvalue weighted by Crippen LogP contribution is 2.15. The van der Waals surface area contributed by atoms with Crippen molar-refractivity contribution in [3.8, 4) is 0 Å². The Morgan fingerprint density at radius 1 is 1.46 bits per heavy atom. The molecule has 7 nitrogen and oxygen atoms in total. The SMILES string of the molecule is O=C(NCCCOCC1CCCO1)c1ccn(C2CCCNC2)n1. The number of aromatic nitrogens is 2. The maximum Gasteiger partial charge on any atom is 0.271 e. The van der Waals surface area contributed by atoms with Crippen LogP contribution in [0.5, 0.6) is 0 Å². The first-order chi connectivity index (χ1) is 11.8. The summed E-state index contributed by atoms with van der Waals surface area (Å²) < 4.78 is 13.0. The Labute approximate surface area is 143 Å². The summed E-state index contributed by atoms with van der Waals surface area (Å²) in [6, 6.07) is 2.14. The summed E-state index contributed by atoms with van der Waals surface area (Å²) in [5.74, 6) is -0.114. The molecule has 0 aromatic carbocycles. The Bertz CT molecular complexity index is 508. The molecule has 24 heavy (non-hydrogen) atoms. The summed E-state index contributed by atoms with van der Waals surface area (Å²) >= 11 is 0. The van der Waals surface area contributed by atoms with Crippen LogP contribution in [0, 0.1) is 0 Å². The van der Waals surface area contributed by atoms with Gasteiger partial charge in [0.1, 0.15) is 5.69 Å². The highest BCUT2D eigenvalue weighted by molar-refractivity contribution is 5.92. The van der Waals surface area contributed by atoms with Crippen molar-refractivity contribution in [2.24, 2.45) is 0 Å². The van der Waals surface area contributed by atoms with Gasteiger partial charge in [-0.05, 0) is 44.7 Å². The summed E-state index contributed by atoms with van der Waals surface area (Å²) in [6.45, 7) is 4.75. The molecule has 0 spiro atoms. The molecule has 0 saturated carbocycles. The van der Waals surface area contributed by atoms with Gasteiger partial charge in [-0.3, -0.25) is 9.48 Å². The molecule has 2 fully saturated rings. The lowest BCUT2D eigenvalue weighted by Crippen LogP contribution is -2.32. The molecule has 2 aliphatic rings. The van der Waals surface area contributed by atoms with E-state index < -0.39 is 0 Å². The third kappa shape index (κ3) is 5.03. The number of hydrogen-bond donors (Lipinski definition) is 2. The van der Waals surface area contributed by atoms with Crippen LogP contribution in [0.4, 0.5) is 0 Å². The number of rotatable bonds is 8. The Morgan fingerprint density at radius 3 is 3.21 bits per heavy atom. The van der Waals surface area contributed by atoms with Gasteiger partial charge < -0.3 is 20.1 Å². The molecule has 1 amide bonds. The van der Waals surface area contributed by atoms with E-state index in [2.05, 4.69) is 15.7 Å². The average molecular weight is 336 g/mol. The first kappa shape index (κ1) is 17.4. The van der Waals surface area contributed by atoms with Gasteiger partial charge in [0.25, 0.3) is 5.91 Å². The number of hydrogen-bond acceptors (Lipinski definition) is 5. The van der Waals surface area contributed by atoms with Crippen molar-refractivity contribution in [3.05, 3.63) is 18.0 Å².